The Morgan fingerprint density at radius 2 is 2.22 bits per heavy atom. The third kappa shape index (κ3) is 9.78. The van der Waals surface area contributed by atoms with Gasteiger partial charge in [-0.2, -0.15) is 0 Å². The Kier molecular flexibility index (Phi) is 12.6. The lowest BCUT2D eigenvalue weighted by atomic mass is 10.2. The molecule has 0 atom stereocenters. The van der Waals surface area contributed by atoms with Crippen LogP contribution in [0.3, 0.4) is 0 Å². The van der Waals surface area contributed by atoms with E-state index in [1.54, 1.807) is 12.4 Å². The van der Waals surface area contributed by atoms with Crippen LogP contribution in [0.1, 0.15) is 39.0 Å². The number of hydrogen-bond acceptors (Lipinski definition) is 4. The molecule has 0 saturated carbocycles. The summed E-state index contributed by atoms with van der Waals surface area (Å²) in [5.74, 6) is 1.84. The van der Waals surface area contributed by atoms with E-state index in [0.717, 1.165) is 57.0 Å². The number of aromatic nitrogens is 1. The molecule has 152 valence electrons. The van der Waals surface area contributed by atoms with E-state index >= 15 is 0 Å². The molecule has 1 saturated heterocycles. The summed E-state index contributed by atoms with van der Waals surface area (Å²) in [5.41, 5.74) is 0. The van der Waals surface area contributed by atoms with Gasteiger partial charge in [0.15, 0.2) is 5.96 Å². The lowest BCUT2D eigenvalue weighted by Gasteiger charge is -2.20. The minimum absolute atomic E-state index is 0. The van der Waals surface area contributed by atoms with Gasteiger partial charge in [0.2, 0.25) is 5.91 Å². The molecule has 1 aromatic heterocycles. The zero-order chi connectivity index (χ0) is 18.5. The fraction of sp³-hybridized carbons (Fsp3) is 0.632. The van der Waals surface area contributed by atoms with E-state index in [0.29, 0.717) is 32.0 Å². The zero-order valence-corrected chi connectivity index (χ0v) is 18.5. The highest BCUT2D eigenvalue weighted by atomic mass is 127. The summed E-state index contributed by atoms with van der Waals surface area (Å²) >= 11 is 0. The third-order valence-electron chi connectivity index (χ3n) is 4.17. The van der Waals surface area contributed by atoms with Crippen molar-refractivity contribution < 1.29 is 9.53 Å². The number of aliphatic imine (C=N–C) groups is 1. The Morgan fingerprint density at radius 3 is 3.00 bits per heavy atom. The van der Waals surface area contributed by atoms with Crippen LogP contribution in [0.5, 0.6) is 5.75 Å². The van der Waals surface area contributed by atoms with Crippen molar-refractivity contribution in [3.8, 4) is 5.75 Å². The summed E-state index contributed by atoms with van der Waals surface area (Å²) in [7, 11) is 0. The number of carbonyl (C=O) groups excluding carboxylic acids is 1. The number of guanidine groups is 1. The smallest absolute Gasteiger partial charge is 0.222 e. The number of pyridine rings is 1. The van der Waals surface area contributed by atoms with Gasteiger partial charge in [-0.05, 0) is 38.3 Å². The van der Waals surface area contributed by atoms with Crippen LogP contribution >= 0.6 is 24.0 Å². The molecule has 7 nitrogen and oxygen atoms in total. The highest BCUT2D eigenvalue weighted by molar-refractivity contribution is 14.0. The predicted molar refractivity (Wildman–Crippen MR) is 119 cm³/mol. The first-order chi connectivity index (χ1) is 12.8. The van der Waals surface area contributed by atoms with Crippen molar-refractivity contribution in [2.75, 3.05) is 39.3 Å². The van der Waals surface area contributed by atoms with Gasteiger partial charge in [0.1, 0.15) is 12.4 Å². The molecule has 1 aliphatic heterocycles. The molecule has 0 aromatic carbocycles. The fourth-order valence-corrected chi connectivity index (χ4v) is 2.84. The van der Waals surface area contributed by atoms with Crippen molar-refractivity contribution in [1.29, 1.82) is 0 Å². The molecule has 2 rings (SSSR count). The Labute approximate surface area is 179 Å². The first kappa shape index (κ1) is 23.5. The van der Waals surface area contributed by atoms with Crippen molar-refractivity contribution in [2.45, 2.75) is 39.0 Å². The van der Waals surface area contributed by atoms with Crippen LogP contribution in [0.25, 0.3) is 0 Å². The van der Waals surface area contributed by atoms with E-state index in [4.69, 9.17) is 4.74 Å². The monoisotopic (exact) mass is 489 g/mol. The van der Waals surface area contributed by atoms with Crippen LogP contribution < -0.4 is 15.4 Å². The summed E-state index contributed by atoms with van der Waals surface area (Å²) < 4.78 is 5.61. The maximum Gasteiger partial charge on any atom is 0.222 e. The second-order valence-corrected chi connectivity index (χ2v) is 6.27. The summed E-state index contributed by atoms with van der Waals surface area (Å²) in [6.07, 6.45) is 8.32. The van der Waals surface area contributed by atoms with Gasteiger partial charge >= 0.3 is 0 Å². The number of nitrogens with zero attached hydrogens (tertiary/aromatic N) is 3. The van der Waals surface area contributed by atoms with Crippen molar-refractivity contribution in [2.24, 2.45) is 4.99 Å². The van der Waals surface area contributed by atoms with Crippen LogP contribution in [0.4, 0.5) is 0 Å². The van der Waals surface area contributed by atoms with Crippen molar-refractivity contribution in [1.82, 2.24) is 20.5 Å². The predicted octanol–water partition coefficient (Wildman–Crippen LogP) is 2.43. The number of carbonyl (C=O) groups is 1. The van der Waals surface area contributed by atoms with E-state index in [1.165, 1.54) is 0 Å². The summed E-state index contributed by atoms with van der Waals surface area (Å²) in [6, 6.07) is 3.74. The van der Waals surface area contributed by atoms with Gasteiger partial charge in [0.25, 0.3) is 0 Å². The summed E-state index contributed by atoms with van der Waals surface area (Å²) in [4.78, 5) is 22.6. The van der Waals surface area contributed by atoms with Gasteiger partial charge in [-0.15, -0.1) is 24.0 Å². The Hall–Kier alpha value is -1.58. The quantitative estimate of drug-likeness (QED) is 0.241. The first-order valence-electron chi connectivity index (χ1n) is 9.62. The summed E-state index contributed by atoms with van der Waals surface area (Å²) in [6.45, 7) is 6.43. The molecule has 0 spiro atoms. The van der Waals surface area contributed by atoms with Crippen LogP contribution in [-0.2, 0) is 4.79 Å². The fourth-order valence-electron chi connectivity index (χ4n) is 2.84. The van der Waals surface area contributed by atoms with Gasteiger partial charge < -0.3 is 20.3 Å². The Morgan fingerprint density at radius 1 is 1.33 bits per heavy atom. The molecule has 1 fully saturated rings. The summed E-state index contributed by atoms with van der Waals surface area (Å²) in [5, 5.41) is 6.49. The average molecular weight is 489 g/mol. The van der Waals surface area contributed by atoms with Gasteiger partial charge in [-0.3, -0.25) is 14.8 Å². The number of likely N-dealkylation sites (tertiary alicyclic amines) is 1. The maximum atomic E-state index is 12.0. The van der Waals surface area contributed by atoms with Gasteiger partial charge in [-0.1, -0.05) is 6.42 Å². The molecule has 1 amide bonds. The number of rotatable bonds is 9. The Balaban J connectivity index is 0.00000364. The lowest BCUT2D eigenvalue weighted by molar-refractivity contribution is -0.130. The molecule has 0 radical (unpaired) electrons. The van der Waals surface area contributed by atoms with E-state index in [9.17, 15) is 4.79 Å². The number of hydrogen-bond donors (Lipinski definition) is 2. The van der Waals surface area contributed by atoms with E-state index in [2.05, 4.69) is 20.6 Å². The van der Waals surface area contributed by atoms with Crippen molar-refractivity contribution >= 4 is 35.8 Å². The van der Waals surface area contributed by atoms with Gasteiger partial charge in [0.05, 0.1) is 12.7 Å². The lowest BCUT2D eigenvalue weighted by Crippen LogP contribution is -2.39. The van der Waals surface area contributed by atoms with E-state index in [-0.39, 0.29) is 24.0 Å². The standard InChI is InChI=1S/C19H31N5O2.HI/c1-2-21-19(23-12-15-26-17-8-6-10-20-16-17)22-11-7-14-24-13-5-3-4-9-18(24)25;/h6,8,10,16H,2-5,7,9,11-15H2,1H3,(H2,21,22,23);1H. The van der Waals surface area contributed by atoms with Crippen LogP contribution in [0.15, 0.2) is 29.5 Å². The minimum Gasteiger partial charge on any atom is -0.490 e. The van der Waals surface area contributed by atoms with Crippen LogP contribution in [0.2, 0.25) is 0 Å². The molecule has 1 aromatic rings. The molecule has 27 heavy (non-hydrogen) atoms. The van der Waals surface area contributed by atoms with Crippen LogP contribution in [-0.4, -0.2) is 61.1 Å². The molecule has 1 aliphatic rings. The topological polar surface area (TPSA) is 78.9 Å². The number of amides is 1. The maximum absolute atomic E-state index is 12.0. The largest absolute Gasteiger partial charge is 0.490 e. The highest BCUT2D eigenvalue weighted by Gasteiger charge is 2.15. The number of halogens is 1. The second kappa shape index (κ2) is 14.5. The molecule has 0 aliphatic carbocycles. The average Bonchev–Trinajstić information content (AvgIpc) is 2.87. The SMILES string of the molecule is CCNC(=NCCCN1CCCCCC1=O)NCCOc1cccnc1.I. The normalized spacial score (nSPS) is 14.9. The number of nitrogens with one attached hydrogen (secondary N) is 2. The number of ether oxygens (including phenoxy) is 1. The molecule has 0 bridgehead atoms. The highest BCUT2D eigenvalue weighted by Crippen LogP contribution is 2.11. The van der Waals surface area contributed by atoms with Crippen molar-refractivity contribution in [3.63, 3.8) is 0 Å². The molecule has 2 heterocycles. The zero-order valence-electron chi connectivity index (χ0n) is 16.2. The first-order valence-corrected chi connectivity index (χ1v) is 9.62. The van der Waals surface area contributed by atoms with Gasteiger partial charge in [-0.25, -0.2) is 0 Å². The van der Waals surface area contributed by atoms with Crippen LogP contribution in [0, 0.1) is 0 Å². The molecular formula is C19H32IN5O2. The Bertz CT molecular complexity index is 556. The molecule has 0 unspecified atom stereocenters. The van der Waals surface area contributed by atoms with E-state index < -0.39 is 0 Å². The second-order valence-electron chi connectivity index (χ2n) is 6.27. The third-order valence-corrected chi connectivity index (χ3v) is 4.17. The molecule has 8 heteroatoms. The molecular weight excluding hydrogens is 457 g/mol. The van der Waals surface area contributed by atoms with Crippen molar-refractivity contribution in [3.05, 3.63) is 24.5 Å². The minimum atomic E-state index is 0. The van der Waals surface area contributed by atoms with Gasteiger partial charge in [0, 0.05) is 38.8 Å². The van der Waals surface area contributed by atoms with E-state index in [1.807, 2.05) is 24.0 Å². The molecule has 2 N–H and O–H groups in total.